The van der Waals surface area contributed by atoms with E-state index in [1.165, 1.54) is 12.1 Å². The van der Waals surface area contributed by atoms with Crippen LogP contribution in [-0.4, -0.2) is 28.2 Å². The van der Waals surface area contributed by atoms with Gasteiger partial charge in [-0.25, -0.2) is 17.5 Å². The van der Waals surface area contributed by atoms with Gasteiger partial charge in [-0.3, -0.25) is 0 Å². The topological polar surface area (TPSA) is 55.4 Å². The number of halogens is 2. The molecule has 118 valence electrons. The molecule has 0 spiro atoms. The van der Waals surface area contributed by atoms with Crippen LogP contribution >= 0.6 is 11.6 Å². The minimum absolute atomic E-state index is 0.121. The molecule has 1 aliphatic rings. The second-order valence-electron chi connectivity index (χ2n) is 5.26. The van der Waals surface area contributed by atoms with Crippen molar-refractivity contribution >= 4 is 21.6 Å². The SMILES string of the molecule is O=S(=O)(Cc1ccc(Cl)cc1F)NCCCC1CCOC1. The van der Waals surface area contributed by atoms with Gasteiger partial charge in [-0.1, -0.05) is 17.7 Å². The lowest BCUT2D eigenvalue weighted by molar-refractivity contribution is 0.184. The van der Waals surface area contributed by atoms with Crippen molar-refractivity contribution in [2.75, 3.05) is 19.8 Å². The first-order valence-electron chi connectivity index (χ1n) is 6.95. The van der Waals surface area contributed by atoms with Gasteiger partial charge < -0.3 is 4.74 Å². The molecular weight excluding hydrogens is 317 g/mol. The van der Waals surface area contributed by atoms with Gasteiger partial charge in [-0.05, 0) is 37.3 Å². The number of sulfonamides is 1. The third kappa shape index (κ3) is 5.54. The van der Waals surface area contributed by atoms with E-state index in [0.29, 0.717) is 12.5 Å². The second-order valence-corrected chi connectivity index (χ2v) is 7.50. The summed E-state index contributed by atoms with van der Waals surface area (Å²) in [6.45, 7) is 1.93. The van der Waals surface area contributed by atoms with E-state index in [2.05, 4.69) is 4.72 Å². The van der Waals surface area contributed by atoms with Crippen LogP contribution in [0.2, 0.25) is 5.02 Å². The Morgan fingerprint density at radius 2 is 2.24 bits per heavy atom. The highest BCUT2D eigenvalue weighted by atomic mass is 35.5. The Kier molecular flexibility index (Phi) is 5.98. The van der Waals surface area contributed by atoms with Crippen molar-refractivity contribution in [1.29, 1.82) is 0 Å². The predicted molar refractivity (Wildman–Crippen MR) is 80.2 cm³/mol. The van der Waals surface area contributed by atoms with Gasteiger partial charge in [0, 0.05) is 30.3 Å². The zero-order chi connectivity index (χ0) is 15.3. The monoisotopic (exact) mass is 335 g/mol. The van der Waals surface area contributed by atoms with E-state index in [0.717, 1.165) is 38.5 Å². The Hall–Kier alpha value is -0.690. The molecule has 1 aromatic carbocycles. The molecular formula is C14H19ClFNO3S. The van der Waals surface area contributed by atoms with Crippen molar-refractivity contribution in [3.05, 3.63) is 34.6 Å². The molecule has 0 saturated carbocycles. The smallest absolute Gasteiger partial charge is 0.215 e. The molecule has 0 radical (unpaired) electrons. The molecule has 7 heteroatoms. The summed E-state index contributed by atoms with van der Waals surface area (Å²) in [6, 6.07) is 3.99. The van der Waals surface area contributed by atoms with E-state index in [9.17, 15) is 12.8 Å². The van der Waals surface area contributed by atoms with E-state index < -0.39 is 15.8 Å². The lowest BCUT2D eigenvalue weighted by Gasteiger charge is -2.09. The number of ether oxygens (including phenoxy) is 1. The first-order valence-corrected chi connectivity index (χ1v) is 8.98. The molecule has 0 amide bonds. The third-order valence-electron chi connectivity index (χ3n) is 3.50. The Bertz CT molecular complexity index is 574. The first kappa shape index (κ1) is 16.7. The van der Waals surface area contributed by atoms with Gasteiger partial charge in [-0.2, -0.15) is 0 Å². The summed E-state index contributed by atoms with van der Waals surface area (Å²) in [5, 5.41) is 0.250. The van der Waals surface area contributed by atoms with Crippen molar-refractivity contribution in [2.24, 2.45) is 5.92 Å². The van der Waals surface area contributed by atoms with Crippen LogP contribution < -0.4 is 4.72 Å². The summed E-state index contributed by atoms with van der Waals surface area (Å²) in [7, 11) is -3.53. The highest BCUT2D eigenvalue weighted by Crippen LogP contribution is 2.18. The number of hydrogen-bond acceptors (Lipinski definition) is 3. The van der Waals surface area contributed by atoms with Crippen LogP contribution in [0.15, 0.2) is 18.2 Å². The van der Waals surface area contributed by atoms with E-state index in [1.54, 1.807) is 0 Å². The van der Waals surface area contributed by atoms with E-state index in [1.807, 2.05) is 0 Å². The number of rotatable bonds is 7. The summed E-state index contributed by atoms with van der Waals surface area (Å²) in [5.41, 5.74) is 0.121. The zero-order valence-electron chi connectivity index (χ0n) is 11.6. The summed E-state index contributed by atoms with van der Waals surface area (Å²) in [5.74, 6) is -0.443. The lowest BCUT2D eigenvalue weighted by Crippen LogP contribution is -2.26. The van der Waals surface area contributed by atoms with Gasteiger partial charge in [0.2, 0.25) is 10.0 Å². The molecule has 0 bridgehead atoms. The van der Waals surface area contributed by atoms with Gasteiger partial charge in [0.05, 0.1) is 5.75 Å². The molecule has 1 unspecified atom stereocenters. The average molecular weight is 336 g/mol. The van der Waals surface area contributed by atoms with E-state index in [-0.39, 0.29) is 16.3 Å². The molecule has 1 aromatic rings. The third-order valence-corrected chi connectivity index (χ3v) is 5.07. The second kappa shape index (κ2) is 7.54. The normalized spacial score (nSPS) is 19.0. The van der Waals surface area contributed by atoms with Crippen LogP contribution in [0.1, 0.15) is 24.8 Å². The molecule has 1 fully saturated rings. The maximum atomic E-state index is 13.6. The molecule has 1 saturated heterocycles. The van der Waals surface area contributed by atoms with Crippen molar-refractivity contribution in [3.8, 4) is 0 Å². The van der Waals surface area contributed by atoms with Gasteiger partial charge in [-0.15, -0.1) is 0 Å². The summed E-state index contributed by atoms with van der Waals surface area (Å²) in [6.07, 6.45) is 2.75. The number of hydrogen-bond donors (Lipinski definition) is 1. The molecule has 1 heterocycles. The Balaban J connectivity index is 1.78. The maximum absolute atomic E-state index is 13.6. The van der Waals surface area contributed by atoms with Crippen LogP contribution in [-0.2, 0) is 20.5 Å². The highest BCUT2D eigenvalue weighted by Gasteiger charge is 2.17. The standard InChI is InChI=1S/C14H19ClFNO3S/c15-13-4-3-12(14(16)8-13)10-21(18,19)17-6-1-2-11-5-7-20-9-11/h3-4,8,11,17H,1-2,5-7,9-10H2. The van der Waals surface area contributed by atoms with Crippen LogP contribution in [0.3, 0.4) is 0 Å². The molecule has 4 nitrogen and oxygen atoms in total. The number of benzene rings is 1. The van der Waals surface area contributed by atoms with Crippen LogP contribution in [0.4, 0.5) is 4.39 Å². The molecule has 0 aromatic heterocycles. The molecule has 21 heavy (non-hydrogen) atoms. The minimum Gasteiger partial charge on any atom is -0.381 e. The molecule has 2 rings (SSSR count). The number of nitrogens with one attached hydrogen (secondary N) is 1. The van der Waals surface area contributed by atoms with Crippen LogP contribution in [0.5, 0.6) is 0 Å². The fourth-order valence-electron chi connectivity index (χ4n) is 2.32. The quantitative estimate of drug-likeness (QED) is 0.779. The van der Waals surface area contributed by atoms with Crippen molar-refractivity contribution in [3.63, 3.8) is 0 Å². The Morgan fingerprint density at radius 3 is 2.90 bits per heavy atom. The molecule has 1 atom stereocenters. The molecule has 1 aliphatic heterocycles. The van der Waals surface area contributed by atoms with E-state index in [4.69, 9.17) is 16.3 Å². The molecule has 0 aliphatic carbocycles. The van der Waals surface area contributed by atoms with Gasteiger partial charge >= 0.3 is 0 Å². The summed E-state index contributed by atoms with van der Waals surface area (Å²) in [4.78, 5) is 0. The molecule has 1 N–H and O–H groups in total. The maximum Gasteiger partial charge on any atom is 0.215 e. The van der Waals surface area contributed by atoms with Crippen molar-refractivity contribution in [2.45, 2.75) is 25.0 Å². The van der Waals surface area contributed by atoms with Crippen molar-refractivity contribution < 1.29 is 17.5 Å². The van der Waals surface area contributed by atoms with Gasteiger partial charge in [0.25, 0.3) is 0 Å². The van der Waals surface area contributed by atoms with Crippen molar-refractivity contribution in [1.82, 2.24) is 4.72 Å². The Labute approximate surface area is 129 Å². The fraction of sp³-hybridized carbons (Fsp3) is 0.571. The largest absolute Gasteiger partial charge is 0.381 e. The lowest BCUT2D eigenvalue weighted by atomic mass is 10.0. The summed E-state index contributed by atoms with van der Waals surface area (Å²) < 4.78 is 45.1. The highest BCUT2D eigenvalue weighted by molar-refractivity contribution is 7.88. The van der Waals surface area contributed by atoms with Gasteiger partial charge in [0.1, 0.15) is 5.82 Å². The summed E-state index contributed by atoms with van der Waals surface area (Å²) >= 11 is 5.64. The van der Waals surface area contributed by atoms with Crippen LogP contribution in [0.25, 0.3) is 0 Å². The fourth-order valence-corrected chi connectivity index (χ4v) is 3.68. The Morgan fingerprint density at radius 1 is 1.43 bits per heavy atom. The van der Waals surface area contributed by atoms with E-state index >= 15 is 0 Å². The average Bonchev–Trinajstić information content (AvgIpc) is 2.91. The minimum atomic E-state index is -3.53. The predicted octanol–water partition coefficient (Wildman–Crippen LogP) is 2.72. The van der Waals surface area contributed by atoms with Crippen LogP contribution in [0, 0.1) is 11.7 Å². The van der Waals surface area contributed by atoms with Gasteiger partial charge in [0.15, 0.2) is 0 Å². The zero-order valence-corrected chi connectivity index (χ0v) is 13.2. The first-order chi connectivity index (χ1) is 9.96.